The van der Waals surface area contributed by atoms with Crippen LogP contribution in [-0.2, 0) is 4.74 Å². The minimum atomic E-state index is -0.920. The maximum atomic E-state index is 11.6. The van der Waals surface area contributed by atoms with Crippen LogP contribution >= 0.6 is 0 Å². The molecule has 0 aliphatic carbocycles. The van der Waals surface area contributed by atoms with Gasteiger partial charge in [-0.05, 0) is 20.8 Å². The molecule has 2 fully saturated rings. The predicted molar refractivity (Wildman–Crippen MR) is 55.2 cm³/mol. The van der Waals surface area contributed by atoms with E-state index < -0.39 is 11.7 Å². The van der Waals surface area contributed by atoms with Crippen molar-refractivity contribution in [3.05, 3.63) is 0 Å². The van der Waals surface area contributed by atoms with Crippen LogP contribution in [0.4, 0.5) is 9.59 Å². The molecule has 0 aromatic rings. The Morgan fingerprint density at radius 1 is 1.25 bits per heavy atom. The molecule has 2 aliphatic rings. The van der Waals surface area contributed by atoms with Gasteiger partial charge in [-0.1, -0.05) is 0 Å². The van der Waals surface area contributed by atoms with Crippen LogP contribution in [0.1, 0.15) is 20.8 Å². The largest absolute Gasteiger partial charge is 0.465 e. The average Bonchev–Trinajstić information content (AvgIpc) is 2.59. The van der Waals surface area contributed by atoms with Gasteiger partial charge in [0.15, 0.2) is 0 Å². The van der Waals surface area contributed by atoms with Gasteiger partial charge in [-0.2, -0.15) is 0 Å². The number of piperazine rings is 1. The summed E-state index contributed by atoms with van der Waals surface area (Å²) in [6.07, 6.45) is -1.26. The molecule has 6 nitrogen and oxygen atoms in total. The van der Waals surface area contributed by atoms with Gasteiger partial charge in [0.1, 0.15) is 5.60 Å². The SMILES string of the molecule is CC(C)(C)OC(=O)N1C2CN(C(=O)O)CC21. The van der Waals surface area contributed by atoms with Gasteiger partial charge in [-0.15, -0.1) is 0 Å². The minimum absolute atomic E-state index is 0.0194. The van der Waals surface area contributed by atoms with Crippen molar-refractivity contribution in [2.24, 2.45) is 0 Å². The van der Waals surface area contributed by atoms with E-state index in [9.17, 15) is 9.59 Å². The molecule has 1 N–H and O–H groups in total. The molecular weight excluding hydrogens is 212 g/mol. The van der Waals surface area contributed by atoms with Gasteiger partial charge in [-0.3, -0.25) is 4.90 Å². The van der Waals surface area contributed by atoms with Crippen molar-refractivity contribution in [3.63, 3.8) is 0 Å². The van der Waals surface area contributed by atoms with Crippen molar-refractivity contribution < 1.29 is 19.4 Å². The van der Waals surface area contributed by atoms with E-state index in [1.165, 1.54) is 4.90 Å². The standard InChI is InChI=1S/C10H16N2O4/c1-10(2,3)16-9(15)12-6-4-11(8(13)14)5-7(6)12/h6-7H,4-5H2,1-3H3,(H,13,14). The number of carbonyl (C=O) groups excluding carboxylic acids is 1. The summed E-state index contributed by atoms with van der Waals surface area (Å²) in [5.41, 5.74) is -0.500. The minimum Gasteiger partial charge on any atom is -0.465 e. The lowest BCUT2D eigenvalue weighted by Gasteiger charge is -2.22. The third kappa shape index (κ3) is 1.91. The van der Waals surface area contributed by atoms with E-state index >= 15 is 0 Å². The first-order valence-electron chi connectivity index (χ1n) is 5.29. The van der Waals surface area contributed by atoms with Crippen molar-refractivity contribution in [1.82, 2.24) is 9.80 Å². The van der Waals surface area contributed by atoms with Crippen LogP contribution in [0.2, 0.25) is 0 Å². The number of fused-ring (bicyclic) bond motifs is 1. The summed E-state index contributed by atoms with van der Waals surface area (Å²) in [4.78, 5) is 25.3. The second-order valence-electron chi connectivity index (χ2n) is 5.21. The van der Waals surface area contributed by atoms with E-state index in [-0.39, 0.29) is 18.2 Å². The lowest BCUT2D eigenvalue weighted by atomic mass is 10.2. The second-order valence-corrected chi connectivity index (χ2v) is 5.21. The highest BCUT2D eigenvalue weighted by molar-refractivity contribution is 5.74. The number of rotatable bonds is 0. The monoisotopic (exact) mass is 228 g/mol. The Balaban J connectivity index is 1.86. The summed E-state index contributed by atoms with van der Waals surface area (Å²) in [5.74, 6) is 0. The topological polar surface area (TPSA) is 69.9 Å². The normalized spacial score (nSPS) is 27.7. The summed E-state index contributed by atoms with van der Waals surface area (Å²) in [5, 5.41) is 8.75. The number of carbonyl (C=O) groups is 2. The maximum Gasteiger partial charge on any atom is 0.411 e. The summed E-state index contributed by atoms with van der Waals surface area (Å²) >= 11 is 0. The predicted octanol–water partition coefficient (Wildman–Crippen LogP) is 0.968. The quantitative estimate of drug-likeness (QED) is 0.627. The van der Waals surface area contributed by atoms with Crippen molar-refractivity contribution in [1.29, 1.82) is 0 Å². The number of carboxylic acid groups (broad SMARTS) is 1. The molecule has 6 heteroatoms. The molecule has 0 bridgehead atoms. The highest BCUT2D eigenvalue weighted by atomic mass is 16.6. The zero-order chi connectivity index (χ0) is 12.1. The molecule has 16 heavy (non-hydrogen) atoms. The molecule has 2 rings (SSSR count). The average molecular weight is 228 g/mol. The molecule has 2 unspecified atom stereocenters. The maximum absolute atomic E-state index is 11.6. The summed E-state index contributed by atoms with van der Waals surface area (Å²) in [7, 11) is 0. The molecule has 2 amide bonds. The van der Waals surface area contributed by atoms with Gasteiger partial charge in [0, 0.05) is 13.1 Å². The lowest BCUT2D eigenvalue weighted by molar-refractivity contribution is 0.0361. The van der Waals surface area contributed by atoms with E-state index in [1.807, 2.05) is 20.8 Å². The Labute approximate surface area is 93.8 Å². The second kappa shape index (κ2) is 3.26. The molecule has 2 saturated heterocycles. The smallest absolute Gasteiger partial charge is 0.411 e. The third-order valence-corrected chi connectivity index (χ3v) is 2.76. The van der Waals surface area contributed by atoms with E-state index in [1.54, 1.807) is 4.90 Å². The fourth-order valence-corrected chi connectivity index (χ4v) is 2.02. The lowest BCUT2D eigenvalue weighted by Crippen LogP contribution is -2.37. The third-order valence-electron chi connectivity index (χ3n) is 2.76. The molecular formula is C10H16N2O4. The molecule has 2 heterocycles. The molecule has 0 saturated carbocycles. The highest BCUT2D eigenvalue weighted by Gasteiger charge is 2.58. The number of likely N-dealkylation sites (tertiary alicyclic amines) is 1. The Hall–Kier alpha value is -1.46. The summed E-state index contributed by atoms with van der Waals surface area (Å²) in [6.45, 7) is 6.24. The van der Waals surface area contributed by atoms with E-state index in [0.717, 1.165) is 0 Å². The van der Waals surface area contributed by atoms with Gasteiger partial charge in [0.25, 0.3) is 0 Å². The van der Waals surface area contributed by atoms with Crippen LogP contribution < -0.4 is 0 Å². The van der Waals surface area contributed by atoms with E-state index in [2.05, 4.69) is 0 Å². The molecule has 2 aliphatic heterocycles. The van der Waals surface area contributed by atoms with Crippen molar-refractivity contribution in [2.45, 2.75) is 38.5 Å². The first kappa shape index (κ1) is 11.0. The van der Waals surface area contributed by atoms with Crippen molar-refractivity contribution >= 4 is 12.2 Å². The molecule has 2 atom stereocenters. The van der Waals surface area contributed by atoms with Crippen LogP contribution in [0.3, 0.4) is 0 Å². The zero-order valence-corrected chi connectivity index (χ0v) is 9.64. The van der Waals surface area contributed by atoms with Gasteiger partial charge in [0.05, 0.1) is 12.1 Å². The van der Waals surface area contributed by atoms with Crippen LogP contribution in [-0.4, -0.2) is 57.9 Å². The summed E-state index contributed by atoms with van der Waals surface area (Å²) < 4.78 is 5.21. The molecule has 0 aromatic carbocycles. The Morgan fingerprint density at radius 2 is 1.75 bits per heavy atom. The number of nitrogens with zero attached hydrogens (tertiary/aromatic N) is 2. The zero-order valence-electron chi connectivity index (χ0n) is 9.64. The molecule has 90 valence electrons. The highest BCUT2D eigenvalue weighted by Crippen LogP contribution is 2.36. The van der Waals surface area contributed by atoms with Gasteiger partial charge in [0.2, 0.25) is 0 Å². The fraction of sp³-hybridized carbons (Fsp3) is 0.800. The number of amides is 2. The van der Waals surface area contributed by atoms with Crippen LogP contribution in [0.15, 0.2) is 0 Å². The molecule has 0 aromatic heterocycles. The van der Waals surface area contributed by atoms with Crippen LogP contribution in [0, 0.1) is 0 Å². The first-order chi connectivity index (χ1) is 7.29. The van der Waals surface area contributed by atoms with Crippen LogP contribution in [0.5, 0.6) is 0 Å². The summed E-state index contributed by atoms with van der Waals surface area (Å²) in [6, 6.07) is 0.0388. The van der Waals surface area contributed by atoms with Crippen molar-refractivity contribution in [3.8, 4) is 0 Å². The molecule has 0 radical (unpaired) electrons. The first-order valence-corrected chi connectivity index (χ1v) is 5.29. The molecule has 0 spiro atoms. The van der Waals surface area contributed by atoms with Gasteiger partial charge >= 0.3 is 12.2 Å². The van der Waals surface area contributed by atoms with E-state index in [0.29, 0.717) is 13.1 Å². The van der Waals surface area contributed by atoms with Gasteiger partial charge < -0.3 is 14.7 Å². The number of ether oxygens (including phenoxy) is 1. The number of hydrogen-bond donors (Lipinski definition) is 1. The Morgan fingerprint density at radius 3 is 2.12 bits per heavy atom. The van der Waals surface area contributed by atoms with Crippen molar-refractivity contribution in [2.75, 3.05) is 13.1 Å². The Kier molecular flexibility index (Phi) is 2.25. The van der Waals surface area contributed by atoms with E-state index in [4.69, 9.17) is 9.84 Å². The van der Waals surface area contributed by atoms with Gasteiger partial charge in [-0.25, -0.2) is 9.59 Å². The fourth-order valence-electron chi connectivity index (χ4n) is 2.02. The Bertz CT molecular complexity index is 324. The number of hydrogen-bond acceptors (Lipinski definition) is 3. The van der Waals surface area contributed by atoms with Crippen LogP contribution in [0.25, 0.3) is 0 Å².